The Bertz CT molecular complexity index is 1050. The van der Waals surface area contributed by atoms with Gasteiger partial charge in [0.15, 0.2) is 0 Å². The Labute approximate surface area is 149 Å². The Balaban J connectivity index is 1.79. The van der Waals surface area contributed by atoms with Crippen molar-refractivity contribution in [3.8, 4) is 21.7 Å². The van der Waals surface area contributed by atoms with Crippen LogP contribution in [0.4, 0.5) is 0 Å². The molecule has 3 aromatic heterocycles. The topological polar surface area (TPSA) is 61.9 Å². The molecular formula is C19H16N4OS. The number of aromatic amines is 1. The van der Waals surface area contributed by atoms with Crippen LogP contribution in [-0.4, -0.2) is 39.9 Å². The van der Waals surface area contributed by atoms with Gasteiger partial charge < -0.3 is 9.88 Å². The van der Waals surface area contributed by atoms with E-state index in [0.29, 0.717) is 4.88 Å². The van der Waals surface area contributed by atoms with E-state index in [2.05, 4.69) is 33.2 Å². The monoisotopic (exact) mass is 348 g/mol. The van der Waals surface area contributed by atoms with Gasteiger partial charge in [0.05, 0.1) is 6.20 Å². The summed E-state index contributed by atoms with van der Waals surface area (Å²) in [6.07, 6.45) is 5.39. The van der Waals surface area contributed by atoms with Gasteiger partial charge in [-0.1, -0.05) is 30.3 Å². The van der Waals surface area contributed by atoms with Crippen LogP contribution < -0.4 is 0 Å². The number of benzene rings is 1. The molecule has 4 aromatic rings. The highest BCUT2D eigenvalue weighted by atomic mass is 32.1. The molecule has 0 spiro atoms. The highest BCUT2D eigenvalue weighted by Gasteiger charge is 2.16. The molecule has 1 N–H and O–H groups in total. The zero-order valence-electron chi connectivity index (χ0n) is 13.9. The molecule has 4 rings (SSSR count). The second-order valence-corrected chi connectivity index (χ2v) is 6.95. The molecule has 25 heavy (non-hydrogen) atoms. The molecule has 0 unspecified atom stereocenters. The molecule has 0 aliphatic carbocycles. The van der Waals surface area contributed by atoms with Crippen molar-refractivity contribution in [3.63, 3.8) is 0 Å². The predicted octanol–water partition coefficient (Wildman–Crippen LogP) is 4.06. The number of H-pyrrole nitrogens is 1. The number of hydrogen-bond donors (Lipinski definition) is 1. The van der Waals surface area contributed by atoms with Crippen molar-refractivity contribution in [2.45, 2.75) is 0 Å². The Kier molecular flexibility index (Phi) is 3.82. The van der Waals surface area contributed by atoms with Gasteiger partial charge in [-0.3, -0.25) is 4.79 Å². The quantitative estimate of drug-likeness (QED) is 0.607. The number of hydrogen-bond acceptors (Lipinski definition) is 4. The normalized spacial score (nSPS) is 11.0. The van der Waals surface area contributed by atoms with E-state index >= 15 is 0 Å². The van der Waals surface area contributed by atoms with Crippen molar-refractivity contribution in [3.05, 3.63) is 59.9 Å². The highest BCUT2D eigenvalue weighted by Crippen LogP contribution is 2.33. The maximum atomic E-state index is 12.1. The number of carbonyl (C=O) groups is 1. The molecule has 1 aromatic carbocycles. The van der Waals surface area contributed by atoms with Crippen LogP contribution in [0.1, 0.15) is 9.67 Å². The van der Waals surface area contributed by atoms with Crippen molar-refractivity contribution < 1.29 is 4.79 Å². The Morgan fingerprint density at radius 2 is 1.88 bits per heavy atom. The van der Waals surface area contributed by atoms with Gasteiger partial charge in [-0.15, -0.1) is 11.3 Å². The van der Waals surface area contributed by atoms with Crippen molar-refractivity contribution in [2.75, 3.05) is 14.1 Å². The average molecular weight is 348 g/mol. The van der Waals surface area contributed by atoms with Gasteiger partial charge in [0.1, 0.15) is 15.5 Å². The molecule has 0 bridgehead atoms. The zero-order chi connectivity index (χ0) is 17.4. The Hall–Kier alpha value is -2.99. The van der Waals surface area contributed by atoms with Gasteiger partial charge in [0.2, 0.25) is 0 Å². The zero-order valence-corrected chi connectivity index (χ0v) is 14.7. The van der Waals surface area contributed by atoms with Crippen molar-refractivity contribution in [2.24, 2.45) is 0 Å². The van der Waals surface area contributed by atoms with Crippen LogP contribution >= 0.6 is 11.3 Å². The number of thiazole rings is 1. The third kappa shape index (κ3) is 2.81. The molecular weight excluding hydrogens is 332 g/mol. The summed E-state index contributed by atoms with van der Waals surface area (Å²) in [4.78, 5) is 26.4. The lowest BCUT2D eigenvalue weighted by atomic mass is 10.1. The van der Waals surface area contributed by atoms with E-state index in [0.717, 1.165) is 32.7 Å². The number of nitrogens with zero attached hydrogens (tertiary/aromatic N) is 3. The lowest BCUT2D eigenvalue weighted by Gasteiger charge is -2.06. The minimum absolute atomic E-state index is 0.0355. The highest BCUT2D eigenvalue weighted by molar-refractivity contribution is 7.17. The third-order valence-corrected chi connectivity index (χ3v) is 5.01. The van der Waals surface area contributed by atoms with Gasteiger partial charge in [-0.25, -0.2) is 9.97 Å². The lowest BCUT2D eigenvalue weighted by molar-refractivity contribution is 0.0832. The molecule has 0 radical (unpaired) electrons. The van der Waals surface area contributed by atoms with E-state index in [1.165, 1.54) is 11.3 Å². The maximum absolute atomic E-state index is 12.1. The summed E-state index contributed by atoms with van der Waals surface area (Å²) in [5.74, 6) is -0.0355. The first-order chi connectivity index (χ1) is 12.1. The molecule has 0 saturated heterocycles. The SMILES string of the molecule is CN(C)C(=O)c1cnc(-c2c[nH]c3ncc(-c4ccccc4)cc23)s1. The van der Waals surface area contributed by atoms with Gasteiger partial charge in [-0.2, -0.15) is 0 Å². The lowest BCUT2D eigenvalue weighted by Crippen LogP contribution is -2.20. The molecule has 0 aliphatic rings. The van der Waals surface area contributed by atoms with E-state index < -0.39 is 0 Å². The Morgan fingerprint density at radius 1 is 1.08 bits per heavy atom. The van der Waals surface area contributed by atoms with Crippen LogP contribution in [0.15, 0.2) is 55.0 Å². The van der Waals surface area contributed by atoms with Crippen molar-refractivity contribution in [1.29, 1.82) is 0 Å². The van der Waals surface area contributed by atoms with Crippen LogP contribution in [-0.2, 0) is 0 Å². The number of rotatable bonds is 3. The van der Waals surface area contributed by atoms with E-state index in [1.807, 2.05) is 30.6 Å². The number of pyridine rings is 1. The second-order valence-electron chi connectivity index (χ2n) is 5.92. The fourth-order valence-corrected chi connectivity index (χ4v) is 3.65. The van der Waals surface area contributed by atoms with Gasteiger partial charge >= 0.3 is 0 Å². The average Bonchev–Trinajstić information content (AvgIpc) is 3.27. The summed E-state index contributed by atoms with van der Waals surface area (Å²) < 4.78 is 0. The summed E-state index contributed by atoms with van der Waals surface area (Å²) >= 11 is 1.39. The van der Waals surface area contributed by atoms with Crippen molar-refractivity contribution >= 4 is 28.3 Å². The minimum Gasteiger partial charge on any atom is -0.345 e. The molecule has 0 atom stereocenters. The number of nitrogens with one attached hydrogen (secondary N) is 1. The van der Waals surface area contributed by atoms with Gasteiger partial charge in [0.25, 0.3) is 5.91 Å². The summed E-state index contributed by atoms with van der Waals surface area (Å²) in [5, 5.41) is 1.81. The molecule has 3 heterocycles. The number of aromatic nitrogens is 3. The maximum Gasteiger partial charge on any atom is 0.265 e. The predicted molar refractivity (Wildman–Crippen MR) is 101 cm³/mol. The van der Waals surface area contributed by atoms with Crippen LogP contribution in [0.5, 0.6) is 0 Å². The largest absolute Gasteiger partial charge is 0.345 e. The molecule has 0 aliphatic heterocycles. The third-order valence-electron chi connectivity index (χ3n) is 3.99. The van der Waals surface area contributed by atoms with Crippen LogP contribution in [0.25, 0.3) is 32.7 Å². The molecule has 1 amide bonds. The fraction of sp³-hybridized carbons (Fsp3) is 0.105. The van der Waals surface area contributed by atoms with E-state index in [-0.39, 0.29) is 5.91 Å². The molecule has 0 fully saturated rings. The standard InChI is InChI=1S/C19H16N4OS/c1-23(2)19(24)16-11-22-18(25-16)15-10-21-17-14(15)8-13(9-20-17)12-6-4-3-5-7-12/h3-11H,1-2H3,(H,20,21). The molecule has 124 valence electrons. The number of fused-ring (bicyclic) bond motifs is 1. The van der Waals surface area contributed by atoms with Crippen LogP contribution in [0.3, 0.4) is 0 Å². The first-order valence-corrected chi connectivity index (χ1v) is 8.65. The molecule has 0 saturated carbocycles. The smallest absolute Gasteiger partial charge is 0.265 e. The van der Waals surface area contributed by atoms with Crippen LogP contribution in [0.2, 0.25) is 0 Å². The number of carbonyl (C=O) groups excluding carboxylic acids is 1. The minimum atomic E-state index is -0.0355. The fourth-order valence-electron chi connectivity index (χ4n) is 2.69. The second kappa shape index (κ2) is 6.14. The summed E-state index contributed by atoms with van der Waals surface area (Å²) in [6.45, 7) is 0. The van der Waals surface area contributed by atoms with Crippen molar-refractivity contribution in [1.82, 2.24) is 19.9 Å². The molecule has 6 heteroatoms. The van der Waals surface area contributed by atoms with E-state index in [4.69, 9.17) is 0 Å². The van der Waals surface area contributed by atoms with Gasteiger partial charge in [-0.05, 0) is 11.6 Å². The molecule has 5 nitrogen and oxygen atoms in total. The number of amides is 1. The summed E-state index contributed by atoms with van der Waals surface area (Å²) in [7, 11) is 3.48. The van der Waals surface area contributed by atoms with E-state index in [1.54, 1.807) is 25.2 Å². The summed E-state index contributed by atoms with van der Waals surface area (Å²) in [6, 6.07) is 12.3. The Morgan fingerprint density at radius 3 is 2.64 bits per heavy atom. The van der Waals surface area contributed by atoms with Crippen LogP contribution in [0, 0.1) is 0 Å². The first kappa shape index (κ1) is 15.5. The first-order valence-electron chi connectivity index (χ1n) is 7.84. The van der Waals surface area contributed by atoms with Gasteiger partial charge in [0, 0.05) is 43.0 Å². The summed E-state index contributed by atoms with van der Waals surface area (Å²) in [5.41, 5.74) is 3.94. The van der Waals surface area contributed by atoms with E-state index in [9.17, 15) is 4.79 Å².